The van der Waals surface area contributed by atoms with E-state index in [0.29, 0.717) is 0 Å². The molecule has 0 amide bonds. The normalized spacial score (nSPS) is 11.1. The highest BCUT2D eigenvalue weighted by molar-refractivity contribution is 6.87. The lowest BCUT2D eigenvalue weighted by Crippen LogP contribution is -2.50. The predicted octanol–water partition coefficient (Wildman–Crippen LogP) is 7.79. The molecule has 0 aliphatic heterocycles. The number of benzene rings is 1. The van der Waals surface area contributed by atoms with Gasteiger partial charge in [-0.15, -0.1) is 13.2 Å². The van der Waals surface area contributed by atoms with Crippen LogP contribution in [0.5, 0.6) is 0 Å². The zero-order valence-corrected chi connectivity index (χ0v) is 28.5. The lowest BCUT2D eigenvalue weighted by Gasteiger charge is -2.35. The van der Waals surface area contributed by atoms with Gasteiger partial charge in [-0.25, -0.2) is 0 Å². The Bertz CT molecular complexity index is 517. The standard InChI is InChI=1S/C8H24O2Si3.C6H8Si.2C6H12/c1-11(2,3)9-13(7,8)10-12(4,5)6;7-6-4-2-1-3-5-6;2*1-3-5-6-4-2/h1-8H3;1-5H,7H3;2*3H,1,4-6H2,2H3. The maximum absolute atomic E-state index is 6.09. The average molecular weight is 513 g/mol. The fourth-order valence-corrected chi connectivity index (χ4v) is 15.5. The molecule has 1 aromatic carbocycles. The van der Waals surface area contributed by atoms with Gasteiger partial charge in [0.2, 0.25) is 0 Å². The van der Waals surface area contributed by atoms with Crippen LogP contribution in [0.2, 0.25) is 52.4 Å². The number of unbranched alkanes of at least 4 members (excludes halogenated alkanes) is 4. The fourth-order valence-electron chi connectivity index (χ4n) is 2.73. The molecule has 0 aliphatic rings. The summed E-state index contributed by atoms with van der Waals surface area (Å²) in [5, 5.41) is 1.46. The molecular weight excluding hydrogens is 457 g/mol. The maximum atomic E-state index is 6.09. The Hall–Kier alpha value is -0.512. The van der Waals surface area contributed by atoms with Crippen molar-refractivity contribution in [1.82, 2.24) is 0 Å². The van der Waals surface area contributed by atoms with Gasteiger partial charge in [0.15, 0.2) is 16.6 Å². The van der Waals surface area contributed by atoms with Crippen molar-refractivity contribution in [1.29, 1.82) is 0 Å². The highest BCUT2D eigenvalue weighted by atomic mass is 28.5. The fraction of sp³-hybridized carbons (Fsp3) is 0.615. The maximum Gasteiger partial charge on any atom is 0.311 e. The highest BCUT2D eigenvalue weighted by Gasteiger charge is 2.35. The molecule has 0 unspecified atom stereocenters. The molecule has 0 bridgehead atoms. The summed E-state index contributed by atoms with van der Waals surface area (Å²) in [7, 11) is -3.54. The van der Waals surface area contributed by atoms with Crippen molar-refractivity contribution in [3.05, 3.63) is 55.6 Å². The van der Waals surface area contributed by atoms with E-state index < -0.39 is 25.2 Å². The van der Waals surface area contributed by atoms with Crippen molar-refractivity contribution >= 4 is 40.6 Å². The molecule has 0 fully saturated rings. The third-order valence-corrected chi connectivity index (χ3v) is 13.1. The zero-order valence-electron chi connectivity index (χ0n) is 23.5. The van der Waals surface area contributed by atoms with Gasteiger partial charge in [0, 0.05) is 10.2 Å². The van der Waals surface area contributed by atoms with Gasteiger partial charge in [0.25, 0.3) is 0 Å². The molecule has 0 saturated carbocycles. The van der Waals surface area contributed by atoms with Gasteiger partial charge in [-0.3, -0.25) is 0 Å². The molecule has 1 rings (SSSR count). The Morgan fingerprint density at radius 3 is 1.22 bits per heavy atom. The Labute approximate surface area is 208 Å². The van der Waals surface area contributed by atoms with Gasteiger partial charge in [0.05, 0.1) is 0 Å². The summed E-state index contributed by atoms with van der Waals surface area (Å²) < 4.78 is 12.2. The third-order valence-electron chi connectivity index (χ3n) is 3.57. The Kier molecular flexibility index (Phi) is 23.7. The Morgan fingerprint density at radius 1 is 0.719 bits per heavy atom. The van der Waals surface area contributed by atoms with E-state index >= 15 is 0 Å². The molecular formula is C26H56O2Si4. The minimum atomic E-state index is -1.85. The first-order valence-corrected chi connectivity index (χ1v) is 22.9. The summed E-state index contributed by atoms with van der Waals surface area (Å²) in [6.07, 6.45) is 11.4. The van der Waals surface area contributed by atoms with Crippen LogP contribution in [0, 0.1) is 0 Å². The quantitative estimate of drug-likeness (QED) is 0.181. The number of hydrogen-bond donors (Lipinski definition) is 0. The molecule has 0 spiro atoms. The molecule has 32 heavy (non-hydrogen) atoms. The van der Waals surface area contributed by atoms with Crippen LogP contribution in [0.1, 0.15) is 52.4 Å². The molecule has 0 aliphatic carbocycles. The first-order chi connectivity index (χ1) is 14.6. The second kappa shape index (κ2) is 21.0. The van der Waals surface area contributed by atoms with Gasteiger partial charge in [-0.05, 0) is 65.2 Å². The van der Waals surface area contributed by atoms with E-state index in [9.17, 15) is 0 Å². The van der Waals surface area contributed by atoms with Crippen molar-refractivity contribution in [3.63, 3.8) is 0 Å². The molecule has 0 radical (unpaired) electrons. The molecule has 0 heterocycles. The lowest BCUT2D eigenvalue weighted by molar-refractivity contribution is 0.395. The summed E-state index contributed by atoms with van der Waals surface area (Å²) in [6, 6.07) is 10.5. The van der Waals surface area contributed by atoms with Crippen LogP contribution >= 0.6 is 0 Å². The van der Waals surface area contributed by atoms with Crippen molar-refractivity contribution in [2.75, 3.05) is 0 Å². The van der Waals surface area contributed by atoms with E-state index in [1.165, 1.54) is 54.0 Å². The number of allylic oxidation sites excluding steroid dienone is 2. The van der Waals surface area contributed by atoms with Crippen LogP contribution in [0.15, 0.2) is 55.6 Å². The smallest absolute Gasteiger partial charge is 0.311 e. The summed E-state index contributed by atoms with van der Waals surface area (Å²) in [5.74, 6) is 0. The molecule has 1 aromatic rings. The zero-order chi connectivity index (χ0) is 25.7. The van der Waals surface area contributed by atoms with Gasteiger partial charge in [-0.1, -0.05) is 87.2 Å². The van der Waals surface area contributed by atoms with Crippen LogP contribution in [0.25, 0.3) is 0 Å². The second-order valence-corrected chi connectivity index (χ2v) is 24.4. The molecule has 0 N–H and O–H groups in total. The lowest BCUT2D eigenvalue weighted by atomic mass is 10.3. The van der Waals surface area contributed by atoms with Gasteiger partial charge in [0.1, 0.15) is 0 Å². The van der Waals surface area contributed by atoms with Crippen LogP contribution in [0.3, 0.4) is 0 Å². The minimum Gasteiger partial charge on any atom is -0.437 e. The molecule has 6 heteroatoms. The van der Waals surface area contributed by atoms with Crippen molar-refractivity contribution in [2.45, 2.75) is 105 Å². The molecule has 0 atom stereocenters. The summed E-state index contributed by atoms with van der Waals surface area (Å²) >= 11 is 0. The molecule has 188 valence electrons. The van der Waals surface area contributed by atoms with Crippen molar-refractivity contribution in [2.24, 2.45) is 0 Å². The van der Waals surface area contributed by atoms with Crippen molar-refractivity contribution < 1.29 is 8.23 Å². The first kappa shape index (κ1) is 36.1. The van der Waals surface area contributed by atoms with Crippen LogP contribution in [-0.4, -0.2) is 35.4 Å². The second-order valence-electron chi connectivity index (χ2n) is 10.3. The summed E-state index contributed by atoms with van der Waals surface area (Å²) in [4.78, 5) is 0. The van der Waals surface area contributed by atoms with Crippen molar-refractivity contribution in [3.8, 4) is 0 Å². The summed E-state index contributed by atoms with van der Waals surface area (Å²) in [6.45, 7) is 29.2. The van der Waals surface area contributed by atoms with E-state index in [4.69, 9.17) is 8.23 Å². The predicted molar refractivity (Wildman–Crippen MR) is 162 cm³/mol. The van der Waals surface area contributed by atoms with Gasteiger partial charge >= 0.3 is 8.56 Å². The van der Waals surface area contributed by atoms with E-state index in [-0.39, 0.29) is 0 Å². The molecule has 0 saturated heterocycles. The van der Waals surface area contributed by atoms with E-state index in [1.54, 1.807) is 0 Å². The highest BCUT2D eigenvalue weighted by Crippen LogP contribution is 2.19. The third kappa shape index (κ3) is 36.8. The van der Waals surface area contributed by atoms with Crippen LogP contribution in [0.4, 0.5) is 0 Å². The summed E-state index contributed by atoms with van der Waals surface area (Å²) in [5.41, 5.74) is 0. The topological polar surface area (TPSA) is 18.5 Å². The Morgan fingerprint density at radius 2 is 1.06 bits per heavy atom. The number of rotatable bonds is 10. The van der Waals surface area contributed by atoms with Crippen LogP contribution < -0.4 is 5.19 Å². The Balaban J connectivity index is -0.000000376. The van der Waals surface area contributed by atoms with Gasteiger partial charge < -0.3 is 8.23 Å². The molecule has 2 nitrogen and oxygen atoms in total. The SMILES string of the molecule is C=CCCCC.C=CCCCC.C[Si](C)(C)O[Si](C)(C)O[Si](C)(C)C.[SiH3]c1ccccc1. The minimum absolute atomic E-state index is 1.17. The van der Waals surface area contributed by atoms with E-state index in [0.717, 1.165) is 0 Å². The van der Waals surface area contributed by atoms with Crippen LogP contribution in [-0.2, 0) is 8.23 Å². The largest absolute Gasteiger partial charge is 0.437 e. The van der Waals surface area contributed by atoms with E-state index in [2.05, 4.69) is 104 Å². The molecule has 0 aromatic heterocycles. The number of hydrogen-bond acceptors (Lipinski definition) is 2. The monoisotopic (exact) mass is 512 g/mol. The van der Waals surface area contributed by atoms with E-state index in [1.807, 2.05) is 18.2 Å². The first-order valence-electron chi connectivity index (χ1n) is 12.3. The van der Waals surface area contributed by atoms with Gasteiger partial charge in [-0.2, -0.15) is 0 Å². The average Bonchev–Trinajstić information content (AvgIpc) is 2.63.